The van der Waals surface area contributed by atoms with E-state index >= 15 is 0 Å². The first-order valence-corrected chi connectivity index (χ1v) is 6.08. The summed E-state index contributed by atoms with van der Waals surface area (Å²) in [5.41, 5.74) is 6.86. The molecule has 1 rings (SSSR count). The maximum atomic E-state index is 5.79. The fourth-order valence-corrected chi connectivity index (χ4v) is 1.49. The molecule has 3 nitrogen and oxygen atoms in total. The van der Waals surface area contributed by atoms with Crippen molar-refractivity contribution in [1.82, 2.24) is 4.98 Å². The van der Waals surface area contributed by atoms with E-state index in [1.165, 1.54) is 19.3 Å². The molecule has 2 N–H and O–H groups in total. The van der Waals surface area contributed by atoms with Gasteiger partial charge in [0, 0.05) is 18.3 Å². The number of aromatic nitrogens is 1. The number of pyridine rings is 1. The van der Waals surface area contributed by atoms with E-state index in [2.05, 4.69) is 11.9 Å². The van der Waals surface area contributed by atoms with Gasteiger partial charge in [0.15, 0.2) is 0 Å². The first kappa shape index (κ1) is 13.0. The highest BCUT2D eigenvalue weighted by atomic mass is 16.5. The molecular formula is C13H22N2O. The first-order chi connectivity index (χ1) is 7.74. The number of hydrogen-bond donors (Lipinski definition) is 1. The number of nitrogens with two attached hydrogens (primary N) is 1. The van der Waals surface area contributed by atoms with Crippen molar-refractivity contribution in [2.75, 3.05) is 6.61 Å². The van der Waals surface area contributed by atoms with Crippen LogP contribution < -0.4 is 10.5 Å². The molecule has 1 unspecified atom stereocenters. The van der Waals surface area contributed by atoms with Crippen LogP contribution in [-0.2, 0) is 0 Å². The number of unbranched alkanes of at least 4 members (excludes halogenated alkanes) is 3. The summed E-state index contributed by atoms with van der Waals surface area (Å²) in [6.45, 7) is 4.91. The summed E-state index contributed by atoms with van der Waals surface area (Å²) in [5, 5.41) is 0. The maximum Gasteiger partial charge on any atom is 0.213 e. The molecule has 3 heteroatoms. The Morgan fingerprint density at radius 2 is 2.19 bits per heavy atom. The molecular weight excluding hydrogens is 200 g/mol. The quantitative estimate of drug-likeness (QED) is 0.721. The van der Waals surface area contributed by atoms with Crippen molar-refractivity contribution >= 4 is 0 Å². The monoisotopic (exact) mass is 222 g/mol. The lowest BCUT2D eigenvalue weighted by atomic mass is 10.1. The molecule has 1 heterocycles. The van der Waals surface area contributed by atoms with Crippen LogP contribution >= 0.6 is 0 Å². The topological polar surface area (TPSA) is 48.1 Å². The average molecular weight is 222 g/mol. The van der Waals surface area contributed by atoms with Gasteiger partial charge in [-0.1, -0.05) is 26.2 Å². The van der Waals surface area contributed by atoms with Crippen LogP contribution in [-0.4, -0.2) is 11.6 Å². The largest absolute Gasteiger partial charge is 0.478 e. The second-order valence-electron chi connectivity index (χ2n) is 4.13. The van der Waals surface area contributed by atoms with Crippen LogP contribution in [0.25, 0.3) is 0 Å². The third-order valence-corrected chi connectivity index (χ3v) is 2.53. The summed E-state index contributed by atoms with van der Waals surface area (Å²) in [6, 6.07) is 3.88. The van der Waals surface area contributed by atoms with Crippen molar-refractivity contribution in [3.05, 3.63) is 23.9 Å². The predicted molar refractivity (Wildman–Crippen MR) is 66.5 cm³/mol. The second-order valence-corrected chi connectivity index (χ2v) is 4.13. The Labute approximate surface area is 98.0 Å². The van der Waals surface area contributed by atoms with Gasteiger partial charge in [-0.25, -0.2) is 4.98 Å². The van der Waals surface area contributed by atoms with Crippen LogP contribution in [0.15, 0.2) is 18.3 Å². The molecule has 0 aromatic carbocycles. The smallest absolute Gasteiger partial charge is 0.213 e. The summed E-state index contributed by atoms with van der Waals surface area (Å²) in [4.78, 5) is 4.16. The SMILES string of the molecule is CCCCCCOc1cc(C(C)N)ccn1. The van der Waals surface area contributed by atoms with Gasteiger partial charge < -0.3 is 10.5 Å². The lowest BCUT2D eigenvalue weighted by molar-refractivity contribution is 0.293. The second kappa shape index (κ2) is 7.23. The summed E-state index contributed by atoms with van der Waals surface area (Å²) in [7, 11) is 0. The van der Waals surface area contributed by atoms with Crippen LogP contribution in [0.1, 0.15) is 51.1 Å². The molecule has 1 aromatic heterocycles. The Morgan fingerprint density at radius 1 is 1.38 bits per heavy atom. The Balaban J connectivity index is 2.33. The van der Waals surface area contributed by atoms with Crippen LogP contribution in [0.3, 0.4) is 0 Å². The van der Waals surface area contributed by atoms with Gasteiger partial charge in [-0.2, -0.15) is 0 Å². The van der Waals surface area contributed by atoms with Crippen LogP contribution in [0, 0.1) is 0 Å². The van der Waals surface area contributed by atoms with Crippen molar-refractivity contribution < 1.29 is 4.74 Å². The van der Waals surface area contributed by atoms with Gasteiger partial charge in [-0.15, -0.1) is 0 Å². The van der Waals surface area contributed by atoms with Gasteiger partial charge in [-0.3, -0.25) is 0 Å². The Morgan fingerprint density at radius 3 is 2.88 bits per heavy atom. The lowest BCUT2D eigenvalue weighted by Gasteiger charge is -2.08. The van der Waals surface area contributed by atoms with E-state index in [9.17, 15) is 0 Å². The number of rotatable bonds is 7. The normalized spacial score (nSPS) is 12.4. The van der Waals surface area contributed by atoms with Gasteiger partial charge in [0.25, 0.3) is 0 Å². The van der Waals surface area contributed by atoms with Crippen molar-refractivity contribution in [2.24, 2.45) is 5.73 Å². The van der Waals surface area contributed by atoms with E-state index in [4.69, 9.17) is 10.5 Å². The fraction of sp³-hybridized carbons (Fsp3) is 0.615. The molecule has 0 aliphatic rings. The highest BCUT2D eigenvalue weighted by molar-refractivity contribution is 5.22. The van der Waals surface area contributed by atoms with Gasteiger partial charge in [0.2, 0.25) is 5.88 Å². The molecule has 0 fully saturated rings. The van der Waals surface area contributed by atoms with E-state index < -0.39 is 0 Å². The summed E-state index contributed by atoms with van der Waals surface area (Å²) in [6.07, 6.45) is 6.59. The van der Waals surface area contributed by atoms with E-state index in [1.54, 1.807) is 6.20 Å². The van der Waals surface area contributed by atoms with Crippen LogP contribution in [0.4, 0.5) is 0 Å². The Kier molecular flexibility index (Phi) is 5.86. The molecule has 0 saturated heterocycles. The molecule has 0 aliphatic heterocycles. The molecule has 0 saturated carbocycles. The predicted octanol–water partition coefficient (Wildman–Crippen LogP) is 3.06. The number of ether oxygens (including phenoxy) is 1. The van der Waals surface area contributed by atoms with E-state index in [-0.39, 0.29) is 6.04 Å². The molecule has 1 atom stereocenters. The zero-order chi connectivity index (χ0) is 11.8. The lowest BCUT2D eigenvalue weighted by Crippen LogP contribution is -2.06. The maximum absolute atomic E-state index is 5.79. The minimum Gasteiger partial charge on any atom is -0.478 e. The minimum atomic E-state index is 0.0328. The number of nitrogens with zero attached hydrogens (tertiary/aromatic N) is 1. The third kappa shape index (κ3) is 4.62. The zero-order valence-electron chi connectivity index (χ0n) is 10.3. The van der Waals surface area contributed by atoms with Crippen molar-refractivity contribution in [2.45, 2.75) is 45.6 Å². The fourth-order valence-electron chi connectivity index (χ4n) is 1.49. The molecule has 1 aromatic rings. The molecule has 0 radical (unpaired) electrons. The van der Waals surface area contributed by atoms with E-state index in [0.29, 0.717) is 5.88 Å². The van der Waals surface area contributed by atoms with Crippen molar-refractivity contribution in [3.63, 3.8) is 0 Å². The highest BCUT2D eigenvalue weighted by Gasteiger charge is 2.01. The highest BCUT2D eigenvalue weighted by Crippen LogP contribution is 2.14. The standard InChI is InChI=1S/C13H22N2O/c1-3-4-5-6-9-16-13-10-12(11(2)14)7-8-15-13/h7-8,10-11H,3-6,9,14H2,1-2H3. The van der Waals surface area contributed by atoms with Gasteiger partial charge in [0.05, 0.1) is 6.61 Å². The number of hydrogen-bond acceptors (Lipinski definition) is 3. The van der Waals surface area contributed by atoms with Gasteiger partial charge >= 0.3 is 0 Å². The zero-order valence-corrected chi connectivity index (χ0v) is 10.3. The van der Waals surface area contributed by atoms with Gasteiger partial charge in [0.1, 0.15) is 0 Å². The van der Waals surface area contributed by atoms with Gasteiger partial charge in [-0.05, 0) is 25.0 Å². The molecule has 16 heavy (non-hydrogen) atoms. The van der Waals surface area contributed by atoms with Crippen LogP contribution in [0.5, 0.6) is 5.88 Å². The molecule has 0 bridgehead atoms. The van der Waals surface area contributed by atoms with Crippen molar-refractivity contribution in [3.8, 4) is 5.88 Å². The average Bonchev–Trinajstić information content (AvgIpc) is 2.29. The van der Waals surface area contributed by atoms with E-state index in [0.717, 1.165) is 18.6 Å². The van der Waals surface area contributed by atoms with E-state index in [1.807, 2.05) is 19.1 Å². The van der Waals surface area contributed by atoms with Crippen molar-refractivity contribution in [1.29, 1.82) is 0 Å². The first-order valence-electron chi connectivity index (χ1n) is 6.08. The van der Waals surface area contributed by atoms with Crippen LogP contribution in [0.2, 0.25) is 0 Å². The summed E-state index contributed by atoms with van der Waals surface area (Å²) >= 11 is 0. The Hall–Kier alpha value is -1.09. The Bertz CT molecular complexity index is 300. The minimum absolute atomic E-state index is 0.0328. The molecule has 0 amide bonds. The molecule has 0 spiro atoms. The summed E-state index contributed by atoms with van der Waals surface area (Å²) in [5.74, 6) is 0.686. The summed E-state index contributed by atoms with van der Waals surface area (Å²) < 4.78 is 5.58. The molecule has 90 valence electrons. The molecule has 0 aliphatic carbocycles. The third-order valence-electron chi connectivity index (χ3n) is 2.53.